The van der Waals surface area contributed by atoms with Crippen LogP contribution in [0.5, 0.6) is 5.75 Å². The van der Waals surface area contributed by atoms with Gasteiger partial charge in [-0.25, -0.2) is 0 Å². The number of anilines is 1. The maximum Gasteiger partial charge on any atom is 0.416 e. The van der Waals surface area contributed by atoms with Crippen molar-refractivity contribution in [3.05, 3.63) is 59.8 Å². The Kier molecular flexibility index (Phi) is 4.55. The summed E-state index contributed by atoms with van der Waals surface area (Å²) in [5.74, 6) is 1.15. The van der Waals surface area contributed by atoms with Crippen LogP contribution in [0.4, 0.5) is 18.9 Å². The molecule has 0 bridgehead atoms. The highest BCUT2D eigenvalue weighted by Gasteiger charge is 2.54. The molecule has 33 heavy (non-hydrogen) atoms. The number of carbonyl (C=O) groups excluding carboxylic acids is 1. The smallest absolute Gasteiger partial charge is 0.416 e. The van der Waals surface area contributed by atoms with Gasteiger partial charge in [0.1, 0.15) is 5.75 Å². The minimum absolute atomic E-state index is 0.0245. The number of hydrogen-bond donors (Lipinski definition) is 2. The number of amides is 1. The molecule has 3 fully saturated rings. The Labute approximate surface area is 189 Å². The molecule has 0 aliphatic heterocycles. The summed E-state index contributed by atoms with van der Waals surface area (Å²) < 4.78 is 44.4. The van der Waals surface area contributed by atoms with E-state index in [-0.39, 0.29) is 23.8 Å². The van der Waals surface area contributed by atoms with Crippen LogP contribution in [0.25, 0.3) is 10.9 Å². The number of alkyl halides is 3. The normalized spacial score (nSPS) is 23.7. The number of rotatable bonds is 5. The predicted molar refractivity (Wildman–Crippen MR) is 119 cm³/mol. The third-order valence-electron chi connectivity index (χ3n) is 7.70. The van der Waals surface area contributed by atoms with Crippen molar-refractivity contribution in [2.75, 3.05) is 5.32 Å². The second kappa shape index (κ2) is 7.27. The van der Waals surface area contributed by atoms with Gasteiger partial charge in [0.15, 0.2) is 0 Å². The summed E-state index contributed by atoms with van der Waals surface area (Å²) in [6.07, 6.45) is 3.63. The molecule has 0 saturated heterocycles. The first kappa shape index (κ1) is 20.6. The van der Waals surface area contributed by atoms with E-state index in [0.717, 1.165) is 65.7 Å². The monoisotopic (exact) mass is 454 g/mol. The molecule has 2 aromatic carbocycles. The quantitative estimate of drug-likeness (QED) is 0.454. The number of carbonyl (C=O) groups is 1. The molecule has 7 heteroatoms. The molecular formula is C26H25F3N2O2. The first-order chi connectivity index (χ1) is 15.8. The number of nitrogens with one attached hydrogen (secondary N) is 2. The third kappa shape index (κ3) is 3.87. The molecule has 3 aliphatic carbocycles. The zero-order valence-electron chi connectivity index (χ0n) is 18.0. The fraction of sp³-hybridized carbons (Fsp3) is 0.423. The van der Waals surface area contributed by atoms with Crippen molar-refractivity contribution < 1.29 is 22.7 Å². The molecule has 1 heterocycles. The Hall–Kier alpha value is -2.96. The third-order valence-corrected chi connectivity index (χ3v) is 7.70. The maximum atomic E-state index is 12.8. The molecule has 6 rings (SSSR count). The Bertz CT molecular complexity index is 1200. The average molecular weight is 454 g/mol. The van der Waals surface area contributed by atoms with Crippen LogP contribution < -0.4 is 10.1 Å². The number of H-pyrrole nitrogens is 1. The number of aromatic nitrogens is 1. The van der Waals surface area contributed by atoms with Crippen molar-refractivity contribution >= 4 is 22.5 Å². The van der Waals surface area contributed by atoms with Crippen LogP contribution in [0.15, 0.2) is 48.7 Å². The highest BCUT2D eigenvalue weighted by Crippen LogP contribution is 2.63. The minimum atomic E-state index is -4.31. The van der Waals surface area contributed by atoms with E-state index >= 15 is 0 Å². The van der Waals surface area contributed by atoms with Crippen LogP contribution in [0.1, 0.15) is 55.6 Å². The maximum absolute atomic E-state index is 12.8. The van der Waals surface area contributed by atoms with Crippen LogP contribution in [0.3, 0.4) is 0 Å². The molecule has 4 nitrogen and oxygen atoms in total. The largest absolute Gasteiger partial charge is 0.490 e. The Balaban J connectivity index is 1.07. The van der Waals surface area contributed by atoms with Gasteiger partial charge in [0.25, 0.3) is 0 Å². The zero-order chi connectivity index (χ0) is 22.8. The highest BCUT2D eigenvalue weighted by atomic mass is 19.4. The fourth-order valence-corrected chi connectivity index (χ4v) is 5.34. The van der Waals surface area contributed by atoms with Gasteiger partial charge in [-0.15, -0.1) is 0 Å². The molecule has 1 amide bonds. The zero-order valence-corrected chi connectivity index (χ0v) is 18.0. The number of hydrogen-bond acceptors (Lipinski definition) is 2. The van der Waals surface area contributed by atoms with E-state index in [9.17, 15) is 18.0 Å². The second-order valence-electron chi connectivity index (χ2n) is 10.0. The number of halogens is 3. The van der Waals surface area contributed by atoms with Crippen LogP contribution in [-0.4, -0.2) is 17.0 Å². The molecule has 1 spiro atoms. The summed E-state index contributed by atoms with van der Waals surface area (Å²) in [7, 11) is 0. The fourth-order valence-electron chi connectivity index (χ4n) is 5.34. The summed E-state index contributed by atoms with van der Waals surface area (Å²) in [5.41, 5.74) is 2.49. The first-order valence-corrected chi connectivity index (χ1v) is 11.5. The van der Waals surface area contributed by atoms with Gasteiger partial charge in [-0.1, -0.05) is 12.1 Å². The van der Waals surface area contributed by atoms with E-state index in [1.54, 1.807) is 12.1 Å². The molecule has 3 aromatic rings. The molecule has 3 saturated carbocycles. The molecular weight excluding hydrogens is 429 g/mol. The lowest BCUT2D eigenvalue weighted by atomic mass is 9.71. The van der Waals surface area contributed by atoms with Crippen molar-refractivity contribution in [1.82, 2.24) is 4.98 Å². The van der Waals surface area contributed by atoms with Crippen molar-refractivity contribution in [3.63, 3.8) is 0 Å². The van der Waals surface area contributed by atoms with Crippen LogP contribution >= 0.6 is 0 Å². The van der Waals surface area contributed by atoms with Gasteiger partial charge >= 0.3 is 6.18 Å². The van der Waals surface area contributed by atoms with Gasteiger partial charge < -0.3 is 15.0 Å². The molecule has 3 aliphatic rings. The average Bonchev–Trinajstić information content (AvgIpc) is 3.45. The minimum Gasteiger partial charge on any atom is -0.490 e. The number of aromatic amines is 1. The van der Waals surface area contributed by atoms with Gasteiger partial charge in [-0.3, -0.25) is 4.79 Å². The van der Waals surface area contributed by atoms with Crippen LogP contribution in [0, 0.1) is 11.3 Å². The topological polar surface area (TPSA) is 54.1 Å². The Morgan fingerprint density at radius 1 is 1.06 bits per heavy atom. The lowest BCUT2D eigenvalue weighted by Crippen LogP contribution is -2.35. The summed E-state index contributed by atoms with van der Waals surface area (Å²) in [6, 6.07) is 11.2. The molecule has 0 atom stereocenters. The van der Waals surface area contributed by atoms with Crippen molar-refractivity contribution in [2.24, 2.45) is 11.3 Å². The van der Waals surface area contributed by atoms with Gasteiger partial charge in [0, 0.05) is 23.0 Å². The SMILES string of the molecule is O=C(Nc1c[nH]c2ccc(OC3CC(c4ccc(C(F)(F)F)cc4)C3)cc12)C1CC2(CC2)C1. The molecule has 0 radical (unpaired) electrons. The highest BCUT2D eigenvalue weighted by molar-refractivity contribution is 6.03. The van der Waals surface area contributed by atoms with E-state index in [4.69, 9.17) is 4.74 Å². The van der Waals surface area contributed by atoms with Gasteiger partial charge in [0.05, 0.1) is 17.4 Å². The predicted octanol–water partition coefficient (Wildman–Crippen LogP) is 6.64. The van der Waals surface area contributed by atoms with E-state index < -0.39 is 11.7 Å². The second-order valence-corrected chi connectivity index (χ2v) is 10.0. The van der Waals surface area contributed by atoms with E-state index in [1.807, 2.05) is 24.4 Å². The number of ether oxygens (including phenoxy) is 1. The standard InChI is InChI=1S/C26H25F3N2O2/c27-26(28,29)18-3-1-15(2-4-18)16-9-20(10-16)33-19-5-6-22-21(11-19)23(14-30-22)31-24(32)17-12-25(13-17)7-8-25/h1-6,11,14,16-17,20,30H,7-10,12-13H2,(H,31,32). The summed E-state index contributed by atoms with van der Waals surface area (Å²) >= 11 is 0. The molecule has 2 N–H and O–H groups in total. The van der Waals surface area contributed by atoms with Gasteiger partial charge in [-0.2, -0.15) is 13.2 Å². The molecule has 0 unspecified atom stereocenters. The van der Waals surface area contributed by atoms with Gasteiger partial charge in [-0.05, 0) is 85.8 Å². The van der Waals surface area contributed by atoms with Crippen LogP contribution in [0.2, 0.25) is 0 Å². The Morgan fingerprint density at radius 3 is 2.45 bits per heavy atom. The number of fused-ring (bicyclic) bond motifs is 1. The van der Waals surface area contributed by atoms with E-state index in [1.165, 1.54) is 12.8 Å². The lowest BCUT2D eigenvalue weighted by Gasteiger charge is -2.36. The first-order valence-electron chi connectivity index (χ1n) is 11.5. The van der Waals surface area contributed by atoms with E-state index in [2.05, 4.69) is 10.3 Å². The van der Waals surface area contributed by atoms with Crippen LogP contribution in [-0.2, 0) is 11.0 Å². The van der Waals surface area contributed by atoms with E-state index in [0.29, 0.717) is 5.41 Å². The van der Waals surface area contributed by atoms with Crippen molar-refractivity contribution in [1.29, 1.82) is 0 Å². The Morgan fingerprint density at radius 2 is 1.79 bits per heavy atom. The van der Waals surface area contributed by atoms with Crippen molar-refractivity contribution in [3.8, 4) is 5.75 Å². The van der Waals surface area contributed by atoms with Crippen molar-refractivity contribution in [2.45, 2.75) is 56.7 Å². The molecule has 172 valence electrons. The summed E-state index contributed by atoms with van der Waals surface area (Å²) in [6.45, 7) is 0. The van der Waals surface area contributed by atoms with Gasteiger partial charge in [0.2, 0.25) is 5.91 Å². The molecule has 1 aromatic heterocycles. The lowest BCUT2D eigenvalue weighted by molar-refractivity contribution is -0.137. The summed E-state index contributed by atoms with van der Waals surface area (Å²) in [5, 5.41) is 4.00. The summed E-state index contributed by atoms with van der Waals surface area (Å²) in [4.78, 5) is 15.8. The number of benzene rings is 2.